The average Bonchev–Trinajstić information content (AvgIpc) is 3.68. The molecule has 0 saturated carbocycles. The van der Waals surface area contributed by atoms with Gasteiger partial charge in [0.05, 0.1) is 12.0 Å². The first-order valence-corrected chi connectivity index (χ1v) is 25.8. The van der Waals surface area contributed by atoms with Gasteiger partial charge < -0.3 is 0 Å². The van der Waals surface area contributed by atoms with Crippen LogP contribution in [0.15, 0.2) is 12.4 Å². The first-order valence-electron chi connectivity index (χ1n) is 25.8. The number of unbranched alkanes of at least 4 members (excludes halogenated alkanes) is 37. The van der Waals surface area contributed by atoms with Crippen molar-refractivity contribution in [2.24, 2.45) is 0 Å². The van der Waals surface area contributed by atoms with Crippen LogP contribution in [-0.2, 0) is 0 Å². The third kappa shape index (κ3) is 32.3. The molecular formula is C52H103N2+. The van der Waals surface area contributed by atoms with Gasteiger partial charge in [-0.2, -0.15) is 0 Å². The highest BCUT2D eigenvalue weighted by atomic mass is 15.1. The van der Waals surface area contributed by atoms with Crippen molar-refractivity contribution in [3.05, 3.63) is 18.2 Å². The van der Waals surface area contributed by atoms with E-state index >= 15 is 0 Å². The molecule has 1 rings (SSSR count). The van der Waals surface area contributed by atoms with Gasteiger partial charge in [0.25, 0.3) is 5.82 Å². The monoisotopic (exact) mass is 756 g/mol. The van der Waals surface area contributed by atoms with Gasteiger partial charge in [0.1, 0.15) is 12.4 Å². The van der Waals surface area contributed by atoms with Crippen LogP contribution in [0, 0.1) is 0 Å². The van der Waals surface area contributed by atoms with Gasteiger partial charge in [0, 0.05) is 0 Å². The molecule has 1 aromatic heterocycles. The van der Waals surface area contributed by atoms with Crippen molar-refractivity contribution in [3.8, 4) is 0 Å². The highest BCUT2D eigenvalue weighted by Gasteiger charge is 2.25. The zero-order valence-corrected chi connectivity index (χ0v) is 38.2. The Balaban J connectivity index is 2.36. The molecule has 1 heterocycles. The maximum atomic E-state index is 3.79. The van der Waals surface area contributed by atoms with Crippen LogP contribution in [-0.4, -0.2) is 4.98 Å². The second kappa shape index (κ2) is 41.8. The van der Waals surface area contributed by atoms with Gasteiger partial charge in [-0.15, -0.1) is 0 Å². The Morgan fingerprint density at radius 3 is 0.870 bits per heavy atom. The van der Waals surface area contributed by atoms with E-state index in [0.717, 1.165) is 0 Å². The van der Waals surface area contributed by atoms with Crippen molar-refractivity contribution in [2.45, 2.75) is 316 Å². The fraction of sp³-hybridized carbons (Fsp3) is 0.942. The summed E-state index contributed by atoms with van der Waals surface area (Å²) in [4.78, 5) is 3.79. The molecule has 0 bridgehead atoms. The Morgan fingerprint density at radius 1 is 0.352 bits per heavy atom. The molecule has 2 heteroatoms. The lowest BCUT2D eigenvalue weighted by Gasteiger charge is -2.17. The third-order valence-electron chi connectivity index (χ3n) is 12.9. The maximum Gasteiger partial charge on any atom is 0.257 e. The van der Waals surface area contributed by atoms with Crippen LogP contribution in [0.25, 0.3) is 0 Å². The molecule has 2 nitrogen and oxygen atoms in total. The predicted molar refractivity (Wildman–Crippen MR) is 244 cm³/mol. The maximum absolute atomic E-state index is 3.79. The third-order valence-corrected chi connectivity index (χ3v) is 12.9. The molecule has 54 heavy (non-hydrogen) atoms. The molecule has 1 aromatic rings. The molecule has 0 aliphatic rings. The second-order valence-electron chi connectivity index (χ2n) is 18.2. The fourth-order valence-electron chi connectivity index (χ4n) is 9.08. The summed E-state index contributed by atoms with van der Waals surface area (Å²) in [6, 6.07) is 0.615. The van der Waals surface area contributed by atoms with Gasteiger partial charge in [-0.1, -0.05) is 271 Å². The number of aromatic amines is 1. The molecule has 1 unspecified atom stereocenters. The highest BCUT2D eigenvalue weighted by molar-refractivity contribution is 4.90. The summed E-state index contributed by atoms with van der Waals surface area (Å²) in [5.41, 5.74) is 0. The summed E-state index contributed by atoms with van der Waals surface area (Å²) in [6.45, 7) is 9.45. The number of nitrogens with zero attached hydrogens (tertiary/aromatic N) is 1. The molecule has 0 fully saturated rings. The standard InChI is InChI=1S/C52H102N2/c1-5-8-11-14-17-20-23-26-29-30-33-36-39-42-45-50(4)54-49-48-53-52(54)51(46-43-40-37-34-31-27-24-21-18-15-12-9-6-2)47-44-41-38-35-32-28-25-22-19-16-13-10-7-3/h48-51H,5-47H2,1-4H3/p+1. The zero-order chi connectivity index (χ0) is 38.8. The van der Waals surface area contributed by atoms with Crippen molar-refractivity contribution in [1.29, 1.82) is 0 Å². The summed E-state index contributed by atoms with van der Waals surface area (Å²) < 4.78 is 2.66. The number of nitrogens with one attached hydrogen (secondary N) is 1. The number of H-pyrrole nitrogens is 1. The lowest BCUT2D eigenvalue weighted by molar-refractivity contribution is -0.727. The van der Waals surface area contributed by atoms with Crippen molar-refractivity contribution >= 4 is 0 Å². The van der Waals surface area contributed by atoms with E-state index in [1.165, 1.54) is 276 Å². The largest absolute Gasteiger partial charge is 0.257 e. The fourth-order valence-corrected chi connectivity index (χ4v) is 9.08. The second-order valence-corrected chi connectivity index (χ2v) is 18.2. The molecule has 0 amide bonds. The van der Waals surface area contributed by atoms with Crippen LogP contribution >= 0.6 is 0 Å². The summed E-state index contributed by atoms with van der Waals surface area (Å²) in [5.74, 6) is 2.25. The van der Waals surface area contributed by atoms with Crippen molar-refractivity contribution < 1.29 is 4.57 Å². The summed E-state index contributed by atoms with van der Waals surface area (Å²) in [5, 5.41) is 0. The molecule has 0 aliphatic heterocycles. The number of aromatic nitrogens is 2. The molecule has 0 radical (unpaired) electrons. The Bertz CT molecular complexity index is 798. The number of hydrogen-bond acceptors (Lipinski definition) is 0. The Hall–Kier alpha value is -0.790. The van der Waals surface area contributed by atoms with Crippen LogP contribution < -0.4 is 4.57 Å². The minimum absolute atomic E-state index is 0.615. The van der Waals surface area contributed by atoms with E-state index in [4.69, 9.17) is 0 Å². The first kappa shape index (κ1) is 51.2. The minimum atomic E-state index is 0.615. The summed E-state index contributed by atoms with van der Waals surface area (Å²) in [6.07, 6.45) is 66.6. The molecule has 0 saturated heterocycles. The van der Waals surface area contributed by atoms with Gasteiger partial charge in [0.15, 0.2) is 0 Å². The van der Waals surface area contributed by atoms with E-state index < -0.39 is 0 Å². The number of rotatable bonds is 45. The number of imidazole rings is 1. The van der Waals surface area contributed by atoms with Crippen molar-refractivity contribution in [2.75, 3.05) is 0 Å². The van der Waals surface area contributed by atoms with Crippen LogP contribution in [0.2, 0.25) is 0 Å². The van der Waals surface area contributed by atoms with Gasteiger partial charge in [-0.25, -0.2) is 9.55 Å². The predicted octanol–water partition coefficient (Wildman–Crippen LogP) is 18.8. The Labute approximate surface area is 342 Å². The minimum Gasteiger partial charge on any atom is -0.247 e. The molecule has 320 valence electrons. The van der Waals surface area contributed by atoms with Crippen LogP contribution in [0.4, 0.5) is 0 Å². The smallest absolute Gasteiger partial charge is 0.247 e. The highest BCUT2D eigenvalue weighted by Crippen LogP contribution is 2.28. The Kier molecular flexibility index (Phi) is 39.7. The lowest BCUT2D eigenvalue weighted by Crippen LogP contribution is -2.41. The van der Waals surface area contributed by atoms with E-state index in [-0.39, 0.29) is 0 Å². The van der Waals surface area contributed by atoms with Crippen molar-refractivity contribution in [3.63, 3.8) is 0 Å². The molecule has 0 aromatic carbocycles. The summed E-state index contributed by atoms with van der Waals surface area (Å²) in [7, 11) is 0. The normalized spacial score (nSPS) is 12.4. The topological polar surface area (TPSA) is 19.7 Å². The molecule has 0 aliphatic carbocycles. The van der Waals surface area contributed by atoms with Crippen LogP contribution in [0.1, 0.15) is 322 Å². The van der Waals surface area contributed by atoms with Crippen molar-refractivity contribution in [1.82, 2.24) is 4.98 Å². The van der Waals surface area contributed by atoms with E-state index in [2.05, 4.69) is 49.6 Å². The van der Waals surface area contributed by atoms with E-state index in [1.54, 1.807) is 5.82 Å². The zero-order valence-electron chi connectivity index (χ0n) is 38.2. The van der Waals surface area contributed by atoms with Gasteiger partial charge in [-0.3, -0.25) is 0 Å². The average molecular weight is 756 g/mol. The SMILES string of the molecule is CCCCCCCCCCCCCCCCC(C)[n+]1cc[nH]c1C(CCCCCCCCCCCCCCC)CCCCCCCCCCCCCCC. The van der Waals surface area contributed by atoms with Gasteiger partial charge in [-0.05, 0) is 32.6 Å². The first-order chi connectivity index (χ1) is 26.7. The van der Waals surface area contributed by atoms with Crippen LogP contribution in [0.3, 0.4) is 0 Å². The van der Waals surface area contributed by atoms with Gasteiger partial charge in [0.2, 0.25) is 0 Å². The molecule has 1 N–H and O–H groups in total. The van der Waals surface area contributed by atoms with E-state index in [0.29, 0.717) is 12.0 Å². The summed E-state index contributed by atoms with van der Waals surface area (Å²) >= 11 is 0. The molecular weight excluding hydrogens is 653 g/mol. The van der Waals surface area contributed by atoms with E-state index in [1.807, 2.05) is 0 Å². The Morgan fingerprint density at radius 2 is 0.593 bits per heavy atom. The van der Waals surface area contributed by atoms with Crippen LogP contribution in [0.5, 0.6) is 0 Å². The van der Waals surface area contributed by atoms with Gasteiger partial charge >= 0.3 is 0 Å². The lowest BCUT2D eigenvalue weighted by atomic mass is 9.92. The molecule has 1 atom stereocenters. The molecule has 0 spiro atoms. The quantitative estimate of drug-likeness (QED) is 0.0505. The van der Waals surface area contributed by atoms with E-state index in [9.17, 15) is 0 Å². The number of hydrogen-bond donors (Lipinski definition) is 1.